The third-order valence-corrected chi connectivity index (χ3v) is 3.40. The summed E-state index contributed by atoms with van der Waals surface area (Å²) in [6.07, 6.45) is 7.28. The van der Waals surface area contributed by atoms with Crippen LogP contribution in [0.1, 0.15) is 31.7 Å². The minimum Gasteiger partial charge on any atom is -0.344 e. The van der Waals surface area contributed by atoms with Gasteiger partial charge in [-0.15, -0.1) is 0 Å². The predicted molar refractivity (Wildman–Crippen MR) is 59.4 cm³/mol. The van der Waals surface area contributed by atoms with Crippen LogP contribution in [0.15, 0.2) is 30.5 Å². The fourth-order valence-corrected chi connectivity index (χ4v) is 2.64. The highest BCUT2D eigenvalue weighted by Gasteiger charge is 2.17. The lowest BCUT2D eigenvalue weighted by atomic mass is 10.2. The molecule has 2 aromatic rings. The molecule has 2 heteroatoms. The highest BCUT2D eigenvalue weighted by molar-refractivity contribution is 5.80. The van der Waals surface area contributed by atoms with E-state index in [1.807, 2.05) is 12.1 Å². The molecule has 1 aliphatic rings. The van der Waals surface area contributed by atoms with Crippen molar-refractivity contribution in [2.45, 2.75) is 31.7 Å². The average Bonchev–Trinajstić information content (AvgIpc) is 2.82. The molecular weight excluding hydrogens is 189 g/mol. The van der Waals surface area contributed by atoms with E-state index in [0.29, 0.717) is 6.04 Å². The molecule has 1 aliphatic carbocycles. The minimum atomic E-state index is -0.147. The molecule has 3 rings (SSSR count). The van der Waals surface area contributed by atoms with E-state index in [0.717, 1.165) is 5.39 Å². The summed E-state index contributed by atoms with van der Waals surface area (Å²) in [7, 11) is 0. The van der Waals surface area contributed by atoms with Gasteiger partial charge in [-0.05, 0) is 37.1 Å². The number of aromatic nitrogens is 1. The number of hydrogen-bond acceptors (Lipinski definition) is 0. The minimum absolute atomic E-state index is 0.147. The Balaban J connectivity index is 2.11. The Morgan fingerprint density at radius 1 is 1.13 bits per heavy atom. The first kappa shape index (κ1) is 8.96. The summed E-state index contributed by atoms with van der Waals surface area (Å²) in [5.41, 5.74) is 1.17. The zero-order valence-corrected chi connectivity index (χ0v) is 8.62. The van der Waals surface area contributed by atoms with Crippen molar-refractivity contribution >= 4 is 10.9 Å². The molecule has 15 heavy (non-hydrogen) atoms. The molecule has 1 fully saturated rings. The Morgan fingerprint density at radius 3 is 2.73 bits per heavy atom. The van der Waals surface area contributed by atoms with E-state index in [4.69, 9.17) is 0 Å². The highest BCUT2D eigenvalue weighted by atomic mass is 19.1. The molecule has 0 spiro atoms. The first-order valence-electron chi connectivity index (χ1n) is 5.61. The normalized spacial score (nSPS) is 17.7. The molecular formula is C13H14FN. The number of rotatable bonds is 1. The molecule has 0 saturated heterocycles. The summed E-state index contributed by atoms with van der Waals surface area (Å²) in [6.45, 7) is 0. The van der Waals surface area contributed by atoms with Gasteiger partial charge in [0.2, 0.25) is 0 Å². The van der Waals surface area contributed by atoms with Crippen molar-refractivity contribution in [3.63, 3.8) is 0 Å². The van der Waals surface area contributed by atoms with Crippen LogP contribution in [0.4, 0.5) is 4.39 Å². The van der Waals surface area contributed by atoms with E-state index in [2.05, 4.69) is 10.8 Å². The van der Waals surface area contributed by atoms with Crippen LogP contribution in [0.5, 0.6) is 0 Å². The molecule has 0 atom stereocenters. The van der Waals surface area contributed by atoms with Crippen LogP contribution in [-0.4, -0.2) is 4.57 Å². The third-order valence-electron chi connectivity index (χ3n) is 3.40. The van der Waals surface area contributed by atoms with Crippen molar-refractivity contribution in [1.29, 1.82) is 0 Å². The SMILES string of the molecule is Fc1ccc2c(ccn2C2CCCC2)c1. The summed E-state index contributed by atoms with van der Waals surface area (Å²) in [5, 5.41) is 1.02. The second-order valence-corrected chi connectivity index (χ2v) is 4.36. The van der Waals surface area contributed by atoms with Gasteiger partial charge in [0.15, 0.2) is 0 Å². The van der Waals surface area contributed by atoms with Gasteiger partial charge in [0, 0.05) is 23.1 Å². The van der Waals surface area contributed by atoms with E-state index in [1.165, 1.54) is 31.2 Å². The molecule has 0 N–H and O–H groups in total. The molecule has 1 heterocycles. The fourth-order valence-electron chi connectivity index (χ4n) is 2.64. The van der Waals surface area contributed by atoms with E-state index in [-0.39, 0.29) is 5.82 Å². The van der Waals surface area contributed by atoms with Gasteiger partial charge in [0.05, 0.1) is 0 Å². The third kappa shape index (κ3) is 1.44. The highest BCUT2D eigenvalue weighted by Crippen LogP contribution is 2.32. The molecule has 1 aromatic heterocycles. The summed E-state index contributed by atoms with van der Waals surface area (Å²) in [5.74, 6) is -0.147. The van der Waals surface area contributed by atoms with Gasteiger partial charge in [0.1, 0.15) is 5.82 Å². The smallest absolute Gasteiger partial charge is 0.123 e. The van der Waals surface area contributed by atoms with Gasteiger partial charge in [-0.3, -0.25) is 0 Å². The Labute approximate surface area is 88.5 Å². The lowest BCUT2D eigenvalue weighted by Crippen LogP contribution is -2.02. The first-order valence-corrected chi connectivity index (χ1v) is 5.61. The second kappa shape index (κ2) is 3.37. The molecule has 0 aliphatic heterocycles. The van der Waals surface area contributed by atoms with Crippen molar-refractivity contribution < 1.29 is 4.39 Å². The molecule has 1 nitrogen and oxygen atoms in total. The molecule has 1 saturated carbocycles. The van der Waals surface area contributed by atoms with Gasteiger partial charge in [-0.2, -0.15) is 0 Å². The zero-order chi connectivity index (χ0) is 10.3. The van der Waals surface area contributed by atoms with Crippen molar-refractivity contribution in [1.82, 2.24) is 4.57 Å². The molecule has 0 radical (unpaired) electrons. The van der Waals surface area contributed by atoms with E-state index in [1.54, 1.807) is 12.1 Å². The van der Waals surface area contributed by atoms with E-state index < -0.39 is 0 Å². The number of fused-ring (bicyclic) bond motifs is 1. The largest absolute Gasteiger partial charge is 0.344 e. The molecule has 1 aromatic carbocycles. The van der Waals surface area contributed by atoms with Crippen LogP contribution in [0, 0.1) is 5.82 Å². The number of nitrogens with zero attached hydrogens (tertiary/aromatic N) is 1. The Kier molecular flexibility index (Phi) is 2.01. The fraction of sp³-hybridized carbons (Fsp3) is 0.385. The number of halogens is 1. The molecule has 78 valence electrons. The van der Waals surface area contributed by atoms with Crippen molar-refractivity contribution in [2.75, 3.05) is 0 Å². The zero-order valence-electron chi connectivity index (χ0n) is 8.62. The van der Waals surface area contributed by atoms with Crippen LogP contribution in [0.3, 0.4) is 0 Å². The van der Waals surface area contributed by atoms with Crippen LogP contribution < -0.4 is 0 Å². The Morgan fingerprint density at radius 2 is 1.93 bits per heavy atom. The van der Waals surface area contributed by atoms with Crippen LogP contribution in [-0.2, 0) is 0 Å². The monoisotopic (exact) mass is 203 g/mol. The summed E-state index contributed by atoms with van der Waals surface area (Å²) in [6, 6.07) is 7.70. The average molecular weight is 203 g/mol. The van der Waals surface area contributed by atoms with Gasteiger partial charge < -0.3 is 4.57 Å². The van der Waals surface area contributed by atoms with Gasteiger partial charge in [0.25, 0.3) is 0 Å². The maximum absolute atomic E-state index is 13.0. The van der Waals surface area contributed by atoms with Crippen molar-refractivity contribution in [3.05, 3.63) is 36.3 Å². The Bertz CT molecular complexity index is 480. The number of hydrogen-bond donors (Lipinski definition) is 0. The van der Waals surface area contributed by atoms with Crippen LogP contribution in [0.25, 0.3) is 10.9 Å². The summed E-state index contributed by atoms with van der Waals surface area (Å²) >= 11 is 0. The lowest BCUT2D eigenvalue weighted by Gasteiger charge is -2.13. The maximum Gasteiger partial charge on any atom is 0.123 e. The van der Waals surface area contributed by atoms with E-state index >= 15 is 0 Å². The predicted octanol–water partition coefficient (Wildman–Crippen LogP) is 3.90. The van der Waals surface area contributed by atoms with Crippen molar-refractivity contribution in [2.24, 2.45) is 0 Å². The first-order chi connectivity index (χ1) is 7.34. The van der Waals surface area contributed by atoms with Crippen LogP contribution in [0.2, 0.25) is 0 Å². The lowest BCUT2D eigenvalue weighted by molar-refractivity contribution is 0.535. The quantitative estimate of drug-likeness (QED) is 0.662. The molecule has 0 unspecified atom stereocenters. The standard InChI is InChI=1S/C13H14FN/c14-11-5-6-13-10(9-11)7-8-15(13)12-3-1-2-4-12/h5-9,12H,1-4H2. The second-order valence-electron chi connectivity index (χ2n) is 4.36. The Hall–Kier alpha value is -1.31. The van der Waals surface area contributed by atoms with Crippen LogP contribution >= 0.6 is 0 Å². The van der Waals surface area contributed by atoms with Gasteiger partial charge in [-0.1, -0.05) is 12.8 Å². The summed E-state index contributed by atoms with van der Waals surface area (Å²) < 4.78 is 15.3. The van der Waals surface area contributed by atoms with Gasteiger partial charge in [-0.25, -0.2) is 4.39 Å². The van der Waals surface area contributed by atoms with Crippen molar-refractivity contribution in [3.8, 4) is 0 Å². The summed E-state index contributed by atoms with van der Waals surface area (Å²) in [4.78, 5) is 0. The topological polar surface area (TPSA) is 4.93 Å². The molecule has 0 bridgehead atoms. The van der Waals surface area contributed by atoms with E-state index in [9.17, 15) is 4.39 Å². The van der Waals surface area contributed by atoms with Gasteiger partial charge >= 0.3 is 0 Å². The number of benzene rings is 1. The maximum atomic E-state index is 13.0. The molecule has 0 amide bonds.